The molecule has 2 saturated heterocycles. The van der Waals surface area contributed by atoms with Gasteiger partial charge in [0.25, 0.3) is 0 Å². The number of likely N-dealkylation sites (tertiary alicyclic amines) is 1. The Morgan fingerprint density at radius 1 is 1.25 bits per heavy atom. The molecule has 1 amide bonds. The normalized spacial score (nSPS) is 21.8. The Labute approximate surface area is 164 Å². The molecule has 0 saturated carbocycles. The van der Waals surface area contributed by atoms with Crippen molar-refractivity contribution in [2.75, 3.05) is 24.6 Å². The van der Waals surface area contributed by atoms with Gasteiger partial charge in [0.2, 0.25) is 0 Å². The average Bonchev–Trinajstić information content (AvgIpc) is 3.30. The van der Waals surface area contributed by atoms with Gasteiger partial charge in [-0.25, -0.2) is 14.6 Å². The topological polar surface area (TPSA) is 72.6 Å². The second-order valence-electron chi connectivity index (χ2n) is 9.05. The number of rotatable bonds is 3. The highest BCUT2D eigenvalue weighted by molar-refractivity contribution is 5.75. The third-order valence-corrected chi connectivity index (χ3v) is 5.64. The molecular formula is C20H29N5O3. The zero-order valence-corrected chi connectivity index (χ0v) is 17.3. The van der Waals surface area contributed by atoms with E-state index in [-0.39, 0.29) is 29.3 Å². The standard InChI is InChI=1S/C20H29N5O3/c1-6-28-19(27)24-11-13-9-14(24)10-23(13)16-8-7-15-17(21-16)22(5)18(26)25(15)12-20(2,3)4/h7-8,13-14H,6,9-12H2,1-5H3/t13-,14-/m1/s1. The van der Waals surface area contributed by atoms with Gasteiger partial charge in [-0.1, -0.05) is 20.8 Å². The molecule has 2 aliphatic rings. The van der Waals surface area contributed by atoms with E-state index in [1.54, 1.807) is 11.6 Å². The van der Waals surface area contributed by atoms with Crippen molar-refractivity contribution in [1.29, 1.82) is 0 Å². The molecular weight excluding hydrogens is 358 g/mol. The van der Waals surface area contributed by atoms with Gasteiger partial charge in [-0.05, 0) is 30.9 Å². The molecule has 8 heteroatoms. The maximum atomic E-state index is 12.7. The number of hydrogen-bond donors (Lipinski definition) is 0. The Kier molecular flexibility index (Phi) is 4.39. The van der Waals surface area contributed by atoms with Gasteiger partial charge in [-0.3, -0.25) is 9.13 Å². The zero-order chi connectivity index (χ0) is 20.2. The van der Waals surface area contributed by atoms with E-state index in [9.17, 15) is 9.59 Å². The Hall–Kier alpha value is -2.51. The highest BCUT2D eigenvalue weighted by Crippen LogP contribution is 2.34. The number of nitrogens with zero attached hydrogens (tertiary/aromatic N) is 5. The van der Waals surface area contributed by atoms with Crippen LogP contribution in [0.25, 0.3) is 11.2 Å². The number of imidazole rings is 1. The van der Waals surface area contributed by atoms with Crippen molar-refractivity contribution in [1.82, 2.24) is 19.0 Å². The molecule has 4 rings (SSSR count). The fourth-order valence-corrected chi connectivity index (χ4v) is 4.43. The first-order valence-corrected chi connectivity index (χ1v) is 9.96. The fourth-order valence-electron chi connectivity index (χ4n) is 4.43. The van der Waals surface area contributed by atoms with Crippen LogP contribution in [0.1, 0.15) is 34.1 Å². The Bertz CT molecular complexity index is 971. The first kappa shape index (κ1) is 18.8. The van der Waals surface area contributed by atoms with Gasteiger partial charge < -0.3 is 14.5 Å². The lowest BCUT2D eigenvalue weighted by atomic mass is 9.97. The summed E-state index contributed by atoms with van der Waals surface area (Å²) in [6.07, 6.45) is 0.711. The molecule has 2 bridgehead atoms. The SMILES string of the molecule is CCOC(=O)N1C[C@H]2C[C@@H]1CN2c1ccc2c(n1)n(C)c(=O)n2CC(C)(C)C. The number of piperazine rings is 1. The predicted octanol–water partition coefficient (Wildman–Crippen LogP) is 2.20. The van der Waals surface area contributed by atoms with Crippen molar-refractivity contribution in [3.63, 3.8) is 0 Å². The smallest absolute Gasteiger partial charge is 0.410 e. The quantitative estimate of drug-likeness (QED) is 0.807. The molecule has 8 nitrogen and oxygen atoms in total. The number of ether oxygens (including phenoxy) is 1. The van der Waals surface area contributed by atoms with Crippen molar-refractivity contribution in [2.45, 2.75) is 52.7 Å². The molecule has 0 N–H and O–H groups in total. The van der Waals surface area contributed by atoms with Gasteiger partial charge in [-0.2, -0.15) is 0 Å². The molecule has 0 aromatic carbocycles. The van der Waals surface area contributed by atoms with Crippen LogP contribution >= 0.6 is 0 Å². The fraction of sp³-hybridized carbons (Fsp3) is 0.650. The Morgan fingerprint density at radius 3 is 2.61 bits per heavy atom. The Balaban J connectivity index is 1.61. The molecule has 0 aliphatic carbocycles. The Morgan fingerprint density at radius 2 is 2.00 bits per heavy atom. The van der Waals surface area contributed by atoms with E-state index < -0.39 is 0 Å². The number of fused-ring (bicyclic) bond motifs is 3. The minimum absolute atomic E-state index is 0.00143. The van der Waals surface area contributed by atoms with E-state index in [0.717, 1.165) is 24.3 Å². The van der Waals surface area contributed by atoms with Gasteiger partial charge in [0.05, 0.1) is 24.2 Å². The maximum absolute atomic E-state index is 12.7. The number of pyridine rings is 1. The van der Waals surface area contributed by atoms with Crippen LogP contribution in [0.15, 0.2) is 16.9 Å². The number of anilines is 1. The summed E-state index contributed by atoms with van der Waals surface area (Å²) in [5, 5.41) is 0. The number of aromatic nitrogens is 3. The maximum Gasteiger partial charge on any atom is 0.410 e. The van der Waals surface area contributed by atoms with Crippen molar-refractivity contribution >= 4 is 23.1 Å². The summed E-state index contributed by atoms with van der Waals surface area (Å²) < 4.78 is 8.60. The van der Waals surface area contributed by atoms with Crippen molar-refractivity contribution in [3.05, 3.63) is 22.6 Å². The molecule has 2 atom stereocenters. The number of carbonyl (C=O) groups excluding carboxylic acids is 1. The second kappa shape index (κ2) is 6.53. The third-order valence-electron chi connectivity index (χ3n) is 5.64. The molecule has 4 heterocycles. The number of amides is 1. The van der Waals surface area contributed by atoms with Gasteiger partial charge in [0.15, 0.2) is 5.65 Å². The number of carbonyl (C=O) groups is 1. The minimum Gasteiger partial charge on any atom is -0.450 e. The summed E-state index contributed by atoms with van der Waals surface area (Å²) in [6, 6.07) is 4.40. The minimum atomic E-state index is -0.222. The lowest BCUT2D eigenvalue weighted by Crippen LogP contribution is -2.49. The largest absolute Gasteiger partial charge is 0.450 e. The third kappa shape index (κ3) is 3.04. The predicted molar refractivity (Wildman–Crippen MR) is 108 cm³/mol. The van der Waals surface area contributed by atoms with Crippen LogP contribution in [0.2, 0.25) is 0 Å². The molecule has 0 unspecified atom stereocenters. The summed E-state index contributed by atoms with van der Waals surface area (Å²) in [5.74, 6) is 0.868. The van der Waals surface area contributed by atoms with Crippen LogP contribution < -0.4 is 10.6 Å². The monoisotopic (exact) mass is 387 g/mol. The first-order chi connectivity index (χ1) is 13.2. The zero-order valence-electron chi connectivity index (χ0n) is 17.3. The summed E-state index contributed by atoms with van der Waals surface area (Å²) in [6.45, 7) is 10.6. The van der Waals surface area contributed by atoms with Crippen LogP contribution in [0.3, 0.4) is 0 Å². The average molecular weight is 387 g/mol. The summed E-state index contributed by atoms with van der Waals surface area (Å²) in [4.78, 5) is 33.7. The number of aryl methyl sites for hydroxylation is 1. The molecule has 0 radical (unpaired) electrons. The van der Waals surface area contributed by atoms with Crippen LogP contribution in [0.4, 0.5) is 10.6 Å². The molecule has 152 valence electrons. The second-order valence-corrected chi connectivity index (χ2v) is 9.05. The van der Waals surface area contributed by atoms with E-state index in [1.807, 2.05) is 28.5 Å². The van der Waals surface area contributed by atoms with Crippen molar-refractivity contribution in [3.8, 4) is 0 Å². The summed E-state index contributed by atoms with van der Waals surface area (Å²) in [5.41, 5.74) is 1.54. The molecule has 28 heavy (non-hydrogen) atoms. The summed E-state index contributed by atoms with van der Waals surface area (Å²) >= 11 is 0. The van der Waals surface area contributed by atoms with Gasteiger partial charge >= 0.3 is 11.8 Å². The first-order valence-electron chi connectivity index (χ1n) is 9.96. The molecule has 0 spiro atoms. The molecule has 2 aromatic heterocycles. The van der Waals surface area contributed by atoms with E-state index in [4.69, 9.17) is 9.72 Å². The van der Waals surface area contributed by atoms with E-state index in [1.165, 1.54) is 0 Å². The molecule has 2 aliphatic heterocycles. The highest BCUT2D eigenvalue weighted by Gasteiger charge is 2.46. The van der Waals surface area contributed by atoms with Crippen LogP contribution in [0, 0.1) is 5.41 Å². The lowest BCUT2D eigenvalue weighted by molar-refractivity contribution is 0.100. The van der Waals surface area contributed by atoms with Crippen LogP contribution in [0.5, 0.6) is 0 Å². The molecule has 2 fully saturated rings. The van der Waals surface area contributed by atoms with E-state index >= 15 is 0 Å². The summed E-state index contributed by atoms with van der Waals surface area (Å²) in [7, 11) is 1.78. The van der Waals surface area contributed by atoms with E-state index in [0.29, 0.717) is 25.3 Å². The van der Waals surface area contributed by atoms with Crippen molar-refractivity contribution < 1.29 is 9.53 Å². The van der Waals surface area contributed by atoms with Gasteiger partial charge in [0, 0.05) is 26.7 Å². The number of hydrogen-bond acceptors (Lipinski definition) is 5. The molecule has 2 aromatic rings. The van der Waals surface area contributed by atoms with Crippen molar-refractivity contribution in [2.24, 2.45) is 12.5 Å². The van der Waals surface area contributed by atoms with Crippen LogP contribution in [-0.4, -0.2) is 56.9 Å². The van der Waals surface area contributed by atoms with Crippen LogP contribution in [-0.2, 0) is 18.3 Å². The highest BCUT2D eigenvalue weighted by atomic mass is 16.6. The van der Waals surface area contributed by atoms with Gasteiger partial charge in [0.1, 0.15) is 5.82 Å². The lowest BCUT2D eigenvalue weighted by Gasteiger charge is -2.34. The van der Waals surface area contributed by atoms with Gasteiger partial charge in [-0.15, -0.1) is 0 Å². The van der Waals surface area contributed by atoms with E-state index in [2.05, 4.69) is 25.7 Å².